The van der Waals surface area contributed by atoms with Crippen molar-refractivity contribution >= 4 is 0 Å². The molecule has 0 aromatic carbocycles. The minimum atomic E-state index is -4.56. The summed E-state index contributed by atoms with van der Waals surface area (Å²) in [5, 5.41) is 10.4. The summed E-state index contributed by atoms with van der Waals surface area (Å²) < 4.78 is 40.7. The number of fused-ring (bicyclic) bond motifs is 3. The molecule has 6 atom stereocenters. The van der Waals surface area contributed by atoms with E-state index in [0.717, 1.165) is 31.3 Å². The van der Waals surface area contributed by atoms with E-state index in [1.54, 1.807) is 0 Å². The molecule has 160 valence electrons. The van der Waals surface area contributed by atoms with Crippen LogP contribution in [0, 0.1) is 29.1 Å². The lowest BCUT2D eigenvalue weighted by molar-refractivity contribution is -0.262. The minimum Gasteiger partial charge on any atom is -0.380 e. The molecule has 0 bridgehead atoms. The number of unbranched alkanes of at least 4 members (excludes halogenated alkanes) is 1. The Kier molecular flexibility index (Phi) is 6.12. The SMILES string of the molecule is C=C(C)[C@H]1CC[C@H]2[C@@H]3CC=C(C[C@](O)(CCCC)C(F)(F)F)C[C@H]3CC[C@]12C. The fraction of sp³-hybridized carbons (Fsp3) is 0.833. The number of rotatable bonds is 6. The number of hydrogen-bond donors (Lipinski definition) is 1. The van der Waals surface area contributed by atoms with E-state index in [0.29, 0.717) is 41.9 Å². The first-order chi connectivity index (χ1) is 13.0. The second-order valence-electron chi connectivity index (χ2n) is 10.2. The third kappa shape index (κ3) is 3.82. The van der Waals surface area contributed by atoms with Gasteiger partial charge in [-0.3, -0.25) is 0 Å². The Hall–Kier alpha value is -0.770. The molecule has 0 aromatic rings. The summed E-state index contributed by atoms with van der Waals surface area (Å²) in [7, 11) is 0. The quantitative estimate of drug-likeness (QED) is 0.468. The largest absolute Gasteiger partial charge is 0.417 e. The van der Waals surface area contributed by atoms with Crippen LogP contribution in [0.4, 0.5) is 13.2 Å². The maximum absolute atomic E-state index is 13.6. The van der Waals surface area contributed by atoms with Crippen molar-refractivity contribution in [3.8, 4) is 0 Å². The Labute approximate surface area is 168 Å². The molecule has 0 unspecified atom stereocenters. The third-order valence-electron chi connectivity index (χ3n) is 8.37. The lowest BCUT2D eigenvalue weighted by atomic mass is 9.54. The molecule has 0 aromatic heterocycles. The number of aliphatic hydroxyl groups is 1. The van der Waals surface area contributed by atoms with E-state index in [1.165, 1.54) is 18.4 Å². The lowest BCUT2D eigenvalue weighted by Crippen LogP contribution is -2.46. The Morgan fingerprint density at radius 3 is 2.61 bits per heavy atom. The van der Waals surface area contributed by atoms with Gasteiger partial charge in [0.1, 0.15) is 0 Å². The fourth-order valence-corrected chi connectivity index (χ4v) is 6.83. The first-order valence-corrected chi connectivity index (χ1v) is 11.1. The van der Waals surface area contributed by atoms with Gasteiger partial charge in [-0.25, -0.2) is 0 Å². The highest BCUT2D eigenvalue weighted by atomic mass is 19.4. The van der Waals surface area contributed by atoms with Crippen LogP contribution in [0.5, 0.6) is 0 Å². The molecule has 0 heterocycles. The van der Waals surface area contributed by atoms with E-state index >= 15 is 0 Å². The highest BCUT2D eigenvalue weighted by Crippen LogP contribution is 2.62. The van der Waals surface area contributed by atoms with Crippen LogP contribution < -0.4 is 0 Å². The molecule has 1 N–H and O–H groups in total. The summed E-state index contributed by atoms with van der Waals surface area (Å²) in [6, 6.07) is 0. The van der Waals surface area contributed by atoms with Crippen molar-refractivity contribution < 1.29 is 18.3 Å². The van der Waals surface area contributed by atoms with Crippen LogP contribution in [0.15, 0.2) is 23.8 Å². The van der Waals surface area contributed by atoms with E-state index in [1.807, 2.05) is 13.0 Å². The topological polar surface area (TPSA) is 20.2 Å². The molecule has 0 aliphatic heterocycles. The zero-order valence-electron chi connectivity index (χ0n) is 17.7. The van der Waals surface area contributed by atoms with Crippen molar-refractivity contribution in [1.29, 1.82) is 0 Å². The van der Waals surface area contributed by atoms with Crippen LogP contribution in [0.3, 0.4) is 0 Å². The van der Waals surface area contributed by atoms with Crippen LogP contribution in [-0.2, 0) is 0 Å². The first kappa shape index (κ1) is 21.9. The van der Waals surface area contributed by atoms with Gasteiger partial charge < -0.3 is 5.11 Å². The normalized spacial score (nSPS) is 37.6. The van der Waals surface area contributed by atoms with Gasteiger partial charge in [0.15, 0.2) is 5.60 Å². The standard InChI is InChI=1S/C24H37F3O/c1-5-6-12-23(28,24(25,26)27)15-17-7-8-19-18(14-17)11-13-22(4)20(16(2)3)9-10-21(19)22/h7,18-21,28H,2,5-6,8-15H2,1,3-4H3/t18-,19-,20-,21+,22-,23-/m1/s1. The second-order valence-corrected chi connectivity index (χ2v) is 10.2. The second kappa shape index (κ2) is 7.81. The molecule has 4 heteroatoms. The monoisotopic (exact) mass is 398 g/mol. The van der Waals surface area contributed by atoms with Crippen molar-refractivity contribution in [3.05, 3.63) is 23.8 Å². The molecule has 0 saturated heterocycles. The third-order valence-corrected chi connectivity index (χ3v) is 8.37. The van der Waals surface area contributed by atoms with E-state index in [2.05, 4.69) is 20.4 Å². The molecular weight excluding hydrogens is 361 g/mol. The maximum atomic E-state index is 13.6. The summed E-state index contributed by atoms with van der Waals surface area (Å²) in [5.41, 5.74) is -0.132. The van der Waals surface area contributed by atoms with Crippen molar-refractivity contribution in [1.82, 2.24) is 0 Å². The fourth-order valence-electron chi connectivity index (χ4n) is 6.83. The predicted octanol–water partition coefficient (Wildman–Crippen LogP) is 7.22. The van der Waals surface area contributed by atoms with E-state index in [4.69, 9.17) is 0 Å². The van der Waals surface area contributed by atoms with Crippen LogP contribution in [-0.4, -0.2) is 16.9 Å². The molecule has 3 aliphatic rings. The molecule has 0 spiro atoms. The van der Waals surface area contributed by atoms with Gasteiger partial charge in [-0.1, -0.05) is 50.5 Å². The van der Waals surface area contributed by atoms with Gasteiger partial charge in [0.05, 0.1) is 0 Å². The van der Waals surface area contributed by atoms with Crippen molar-refractivity contribution in [2.45, 2.75) is 96.8 Å². The summed E-state index contributed by atoms with van der Waals surface area (Å²) in [6.07, 6.45) is 4.41. The van der Waals surface area contributed by atoms with Crippen LogP contribution >= 0.6 is 0 Å². The predicted molar refractivity (Wildman–Crippen MR) is 108 cm³/mol. The Morgan fingerprint density at radius 1 is 1.29 bits per heavy atom. The molecular formula is C24H37F3O. The lowest BCUT2D eigenvalue weighted by Gasteiger charge is -2.50. The molecule has 3 rings (SSSR count). The minimum absolute atomic E-state index is 0.195. The van der Waals surface area contributed by atoms with Gasteiger partial charge in [0.2, 0.25) is 0 Å². The highest BCUT2D eigenvalue weighted by Gasteiger charge is 2.56. The van der Waals surface area contributed by atoms with Gasteiger partial charge in [0.25, 0.3) is 0 Å². The van der Waals surface area contributed by atoms with Crippen LogP contribution in [0.2, 0.25) is 0 Å². The molecule has 1 nitrogen and oxygen atoms in total. The van der Waals surface area contributed by atoms with Gasteiger partial charge in [-0.2, -0.15) is 13.2 Å². The zero-order valence-corrected chi connectivity index (χ0v) is 17.7. The molecule has 2 saturated carbocycles. The van der Waals surface area contributed by atoms with Gasteiger partial charge >= 0.3 is 6.18 Å². The highest BCUT2D eigenvalue weighted by molar-refractivity contribution is 5.19. The number of halogens is 3. The summed E-state index contributed by atoms with van der Waals surface area (Å²) in [5.74, 6) is 2.31. The average Bonchev–Trinajstić information content (AvgIpc) is 2.96. The van der Waals surface area contributed by atoms with Crippen LogP contribution in [0.1, 0.15) is 85.0 Å². The maximum Gasteiger partial charge on any atom is 0.417 e. The molecule has 28 heavy (non-hydrogen) atoms. The Balaban J connectivity index is 1.74. The first-order valence-electron chi connectivity index (χ1n) is 11.1. The van der Waals surface area contributed by atoms with E-state index < -0.39 is 11.8 Å². The molecule has 0 radical (unpaired) electrons. The average molecular weight is 399 g/mol. The van der Waals surface area contributed by atoms with Crippen molar-refractivity contribution in [3.63, 3.8) is 0 Å². The van der Waals surface area contributed by atoms with Crippen LogP contribution in [0.25, 0.3) is 0 Å². The summed E-state index contributed by atoms with van der Waals surface area (Å²) in [6.45, 7) is 10.7. The number of allylic oxidation sites excluding steroid dienone is 2. The Morgan fingerprint density at radius 2 is 2.00 bits per heavy atom. The summed E-state index contributed by atoms with van der Waals surface area (Å²) in [4.78, 5) is 0. The van der Waals surface area contributed by atoms with Crippen molar-refractivity contribution in [2.24, 2.45) is 29.1 Å². The number of alkyl halides is 3. The number of hydrogen-bond acceptors (Lipinski definition) is 1. The molecule has 2 fully saturated rings. The summed E-state index contributed by atoms with van der Waals surface area (Å²) >= 11 is 0. The van der Waals surface area contributed by atoms with Gasteiger partial charge in [0, 0.05) is 6.42 Å². The zero-order chi connectivity index (χ0) is 20.7. The Bertz CT molecular complexity index is 622. The van der Waals surface area contributed by atoms with E-state index in [-0.39, 0.29) is 12.8 Å². The van der Waals surface area contributed by atoms with Gasteiger partial charge in [-0.05, 0) is 81.0 Å². The molecule has 3 aliphatic carbocycles. The molecule has 0 amide bonds. The van der Waals surface area contributed by atoms with E-state index in [9.17, 15) is 18.3 Å². The van der Waals surface area contributed by atoms with Crippen molar-refractivity contribution in [2.75, 3.05) is 0 Å². The smallest absolute Gasteiger partial charge is 0.380 e. The van der Waals surface area contributed by atoms with Gasteiger partial charge in [-0.15, -0.1) is 0 Å².